The maximum atomic E-state index is 13.2. The average Bonchev–Trinajstić information content (AvgIpc) is 2.53. The largest absolute Gasteiger partial charge is 0.251 e. The van der Waals surface area contributed by atoms with E-state index in [1.165, 1.54) is 23.6 Å². The van der Waals surface area contributed by atoms with Crippen LogP contribution in [-0.4, -0.2) is 15.2 Å². The van der Waals surface area contributed by atoms with E-state index in [0.29, 0.717) is 5.01 Å². The molecule has 2 aromatic heterocycles. The molecule has 13 heavy (non-hydrogen) atoms. The van der Waals surface area contributed by atoms with Gasteiger partial charge in [-0.25, -0.2) is 4.39 Å². The molecule has 0 aromatic carbocycles. The van der Waals surface area contributed by atoms with E-state index < -0.39 is 0 Å². The molecule has 0 unspecified atom stereocenters. The lowest BCUT2D eigenvalue weighted by molar-refractivity contribution is 0.625. The van der Waals surface area contributed by atoms with Gasteiger partial charge in [0, 0.05) is 6.20 Å². The molecule has 0 saturated heterocycles. The minimum atomic E-state index is -0.366. The molecule has 0 aliphatic rings. The molecule has 0 aliphatic carbocycles. The molecule has 3 nitrogen and oxygen atoms in total. The Morgan fingerprint density at radius 2 is 2.23 bits per heavy atom. The van der Waals surface area contributed by atoms with Gasteiger partial charge in [0.15, 0.2) is 13.8 Å². The van der Waals surface area contributed by atoms with Crippen LogP contribution in [0.3, 0.4) is 0 Å². The summed E-state index contributed by atoms with van der Waals surface area (Å²) in [7, 11) is 0. The lowest BCUT2D eigenvalue weighted by Crippen LogP contribution is -1.86. The number of pyridine rings is 1. The Morgan fingerprint density at radius 3 is 2.85 bits per heavy atom. The van der Waals surface area contributed by atoms with E-state index in [1.54, 1.807) is 6.07 Å². The van der Waals surface area contributed by atoms with Crippen LogP contribution in [0.4, 0.5) is 4.39 Å². The third kappa shape index (κ3) is 1.83. The lowest BCUT2D eigenvalue weighted by Gasteiger charge is -1.93. The zero-order valence-corrected chi connectivity index (χ0v) is 9.21. The fraction of sp³-hybridized carbons (Fsp3) is 0. The summed E-state index contributed by atoms with van der Waals surface area (Å²) < 4.78 is 13.9. The fourth-order valence-corrected chi connectivity index (χ4v) is 2.15. The summed E-state index contributed by atoms with van der Waals surface area (Å²) in [5.74, 6) is -0.366. The minimum absolute atomic E-state index is 0.267. The summed E-state index contributed by atoms with van der Waals surface area (Å²) in [4.78, 5) is 3.89. The van der Waals surface area contributed by atoms with Gasteiger partial charge in [0.05, 0.1) is 0 Å². The van der Waals surface area contributed by atoms with E-state index in [4.69, 9.17) is 0 Å². The molecule has 0 saturated carbocycles. The van der Waals surface area contributed by atoms with Crippen molar-refractivity contribution >= 4 is 33.9 Å². The molecule has 0 bridgehead atoms. The van der Waals surface area contributed by atoms with Crippen LogP contribution >= 0.6 is 33.9 Å². The molecule has 2 rings (SSSR count). The van der Waals surface area contributed by atoms with Crippen molar-refractivity contribution in [3.05, 3.63) is 27.2 Å². The Balaban J connectivity index is 2.52. The Hall–Kier alpha value is -0.630. The van der Waals surface area contributed by atoms with Crippen molar-refractivity contribution in [2.45, 2.75) is 0 Å². The Labute approximate surface area is 91.2 Å². The van der Waals surface area contributed by atoms with Crippen LogP contribution in [-0.2, 0) is 0 Å². The van der Waals surface area contributed by atoms with Gasteiger partial charge in [-0.2, -0.15) is 0 Å². The van der Waals surface area contributed by atoms with E-state index in [0.717, 1.165) is 3.01 Å². The van der Waals surface area contributed by atoms with E-state index in [2.05, 4.69) is 15.2 Å². The highest BCUT2D eigenvalue weighted by Crippen LogP contribution is 2.24. The highest BCUT2D eigenvalue weighted by Gasteiger charge is 2.10. The van der Waals surface area contributed by atoms with Gasteiger partial charge in [-0.15, -0.1) is 10.2 Å². The van der Waals surface area contributed by atoms with Crippen LogP contribution in [0.1, 0.15) is 0 Å². The smallest absolute Gasteiger partial charge is 0.178 e. The first kappa shape index (κ1) is 8.95. The van der Waals surface area contributed by atoms with Gasteiger partial charge in [-0.1, -0.05) is 11.3 Å². The van der Waals surface area contributed by atoms with Crippen LogP contribution in [0, 0.1) is 8.83 Å². The quantitative estimate of drug-likeness (QED) is 0.759. The monoisotopic (exact) mass is 307 g/mol. The third-order valence-electron chi connectivity index (χ3n) is 1.36. The highest BCUT2D eigenvalue weighted by atomic mass is 127. The molecular weight excluding hydrogens is 304 g/mol. The molecular formula is C7H3FIN3S. The topological polar surface area (TPSA) is 38.7 Å². The van der Waals surface area contributed by atoms with Crippen molar-refractivity contribution in [2.75, 3.05) is 0 Å². The lowest BCUT2D eigenvalue weighted by atomic mass is 10.3. The van der Waals surface area contributed by atoms with Gasteiger partial charge in [0.1, 0.15) is 5.69 Å². The molecule has 0 atom stereocenters. The molecule has 6 heteroatoms. The van der Waals surface area contributed by atoms with Crippen molar-refractivity contribution in [3.8, 4) is 10.7 Å². The average molecular weight is 307 g/mol. The zero-order valence-electron chi connectivity index (χ0n) is 6.24. The Kier molecular flexibility index (Phi) is 2.49. The van der Waals surface area contributed by atoms with E-state index in [9.17, 15) is 4.39 Å². The Morgan fingerprint density at radius 1 is 1.38 bits per heavy atom. The number of nitrogens with zero attached hydrogens (tertiary/aromatic N) is 3. The van der Waals surface area contributed by atoms with Gasteiger partial charge >= 0.3 is 0 Å². The second kappa shape index (κ2) is 3.62. The molecule has 0 amide bonds. The summed E-state index contributed by atoms with van der Waals surface area (Å²) in [6, 6.07) is 2.90. The van der Waals surface area contributed by atoms with Gasteiger partial charge in [-0.05, 0) is 34.7 Å². The summed E-state index contributed by atoms with van der Waals surface area (Å²) >= 11 is 3.35. The van der Waals surface area contributed by atoms with Gasteiger partial charge in [0.25, 0.3) is 0 Å². The second-order valence-electron chi connectivity index (χ2n) is 2.19. The zero-order chi connectivity index (χ0) is 9.26. The molecule has 2 heterocycles. The molecule has 66 valence electrons. The summed E-state index contributed by atoms with van der Waals surface area (Å²) in [6.45, 7) is 0. The first-order chi connectivity index (χ1) is 6.27. The maximum absolute atomic E-state index is 13.2. The summed E-state index contributed by atoms with van der Waals surface area (Å²) in [5.41, 5.74) is 0.267. The predicted molar refractivity (Wildman–Crippen MR) is 55.8 cm³/mol. The van der Waals surface area contributed by atoms with Crippen LogP contribution in [0.2, 0.25) is 0 Å². The van der Waals surface area contributed by atoms with Crippen LogP contribution in [0.15, 0.2) is 18.3 Å². The van der Waals surface area contributed by atoms with E-state index >= 15 is 0 Å². The van der Waals surface area contributed by atoms with Crippen LogP contribution in [0.5, 0.6) is 0 Å². The van der Waals surface area contributed by atoms with Crippen molar-refractivity contribution in [1.82, 2.24) is 15.2 Å². The third-order valence-corrected chi connectivity index (χ3v) is 2.96. The SMILES string of the molecule is Fc1cccnc1-c1nnc(I)s1. The molecule has 2 aromatic rings. The van der Waals surface area contributed by atoms with Crippen molar-refractivity contribution < 1.29 is 4.39 Å². The number of hydrogen-bond acceptors (Lipinski definition) is 4. The van der Waals surface area contributed by atoms with Crippen molar-refractivity contribution in [2.24, 2.45) is 0 Å². The first-order valence-electron chi connectivity index (χ1n) is 3.37. The first-order valence-corrected chi connectivity index (χ1v) is 5.27. The number of rotatable bonds is 1. The van der Waals surface area contributed by atoms with Crippen molar-refractivity contribution in [1.29, 1.82) is 0 Å². The van der Waals surface area contributed by atoms with E-state index in [-0.39, 0.29) is 11.5 Å². The second-order valence-corrected chi connectivity index (χ2v) is 4.93. The normalized spacial score (nSPS) is 10.3. The summed E-state index contributed by atoms with van der Waals surface area (Å²) in [6.07, 6.45) is 1.53. The predicted octanol–water partition coefficient (Wildman–Crippen LogP) is 2.34. The van der Waals surface area contributed by atoms with Gasteiger partial charge < -0.3 is 0 Å². The Bertz CT molecular complexity index is 431. The molecule has 0 aliphatic heterocycles. The summed E-state index contributed by atoms with van der Waals surface area (Å²) in [5, 5.41) is 8.10. The van der Waals surface area contributed by atoms with E-state index in [1.807, 2.05) is 22.6 Å². The van der Waals surface area contributed by atoms with Crippen LogP contribution in [0.25, 0.3) is 10.7 Å². The number of halogens is 2. The van der Waals surface area contributed by atoms with Gasteiger partial charge in [-0.3, -0.25) is 4.98 Å². The fourth-order valence-electron chi connectivity index (χ4n) is 0.844. The maximum Gasteiger partial charge on any atom is 0.178 e. The molecule has 0 radical (unpaired) electrons. The standard InChI is InChI=1S/C7H3FIN3S/c8-4-2-1-3-10-5(4)6-11-12-7(9)13-6/h1-3H. The van der Waals surface area contributed by atoms with Crippen LogP contribution < -0.4 is 0 Å². The van der Waals surface area contributed by atoms with Crippen molar-refractivity contribution in [3.63, 3.8) is 0 Å². The van der Waals surface area contributed by atoms with Gasteiger partial charge in [0.2, 0.25) is 0 Å². The number of hydrogen-bond donors (Lipinski definition) is 0. The molecule has 0 fully saturated rings. The highest BCUT2D eigenvalue weighted by molar-refractivity contribution is 14.1. The molecule has 0 spiro atoms. The number of aromatic nitrogens is 3. The minimum Gasteiger partial charge on any atom is -0.251 e. The molecule has 0 N–H and O–H groups in total.